The predicted octanol–water partition coefficient (Wildman–Crippen LogP) is 3.10. The fourth-order valence-electron chi connectivity index (χ4n) is 2.37. The number of nitrogens with one attached hydrogen (secondary N) is 2. The van der Waals surface area contributed by atoms with Crippen LogP contribution in [0.5, 0.6) is 0 Å². The van der Waals surface area contributed by atoms with Gasteiger partial charge in [-0.05, 0) is 56.9 Å². The van der Waals surface area contributed by atoms with Crippen molar-refractivity contribution in [3.63, 3.8) is 0 Å². The Morgan fingerprint density at radius 1 is 1.26 bits per heavy atom. The van der Waals surface area contributed by atoms with Crippen LogP contribution in [0.3, 0.4) is 0 Å². The van der Waals surface area contributed by atoms with Crippen LogP contribution in [0.25, 0.3) is 6.08 Å². The Kier molecular flexibility index (Phi) is 8.55. The van der Waals surface area contributed by atoms with Gasteiger partial charge in [0.25, 0.3) is 0 Å². The molecule has 2 N–H and O–H groups in total. The van der Waals surface area contributed by atoms with Gasteiger partial charge in [-0.2, -0.15) is 0 Å². The molecule has 0 amide bonds. The molecule has 0 aliphatic carbocycles. The van der Waals surface area contributed by atoms with Crippen LogP contribution in [-0.4, -0.2) is 26.2 Å². The number of piperidine rings is 1. The molecule has 0 spiro atoms. The van der Waals surface area contributed by atoms with Crippen LogP contribution in [-0.2, 0) is 0 Å². The van der Waals surface area contributed by atoms with Gasteiger partial charge in [-0.25, -0.2) is 0 Å². The summed E-state index contributed by atoms with van der Waals surface area (Å²) in [5.41, 5.74) is 1.29. The van der Waals surface area contributed by atoms with Crippen molar-refractivity contribution in [1.82, 2.24) is 10.6 Å². The lowest BCUT2D eigenvalue weighted by molar-refractivity contribution is 0.361. The van der Waals surface area contributed by atoms with Gasteiger partial charge in [0, 0.05) is 0 Å². The third-order valence-electron chi connectivity index (χ3n) is 3.43. The number of halogens is 1. The molecule has 0 bridgehead atoms. The third-order valence-corrected chi connectivity index (χ3v) is 3.43. The van der Waals surface area contributed by atoms with Gasteiger partial charge in [-0.15, -0.1) is 12.4 Å². The average molecular weight is 281 g/mol. The van der Waals surface area contributed by atoms with Crippen LogP contribution in [0.4, 0.5) is 0 Å². The Hall–Kier alpha value is -0.830. The van der Waals surface area contributed by atoms with Crippen molar-refractivity contribution in [3.8, 4) is 0 Å². The first-order chi connectivity index (χ1) is 8.95. The average Bonchev–Trinajstić information content (AvgIpc) is 2.45. The van der Waals surface area contributed by atoms with E-state index in [0.29, 0.717) is 0 Å². The molecule has 1 atom stereocenters. The molecule has 0 saturated carbocycles. The molecule has 2 nitrogen and oxygen atoms in total. The van der Waals surface area contributed by atoms with Crippen LogP contribution < -0.4 is 10.6 Å². The summed E-state index contributed by atoms with van der Waals surface area (Å²) in [6.45, 7) is 4.63. The molecule has 0 radical (unpaired) electrons. The quantitative estimate of drug-likeness (QED) is 0.783. The lowest BCUT2D eigenvalue weighted by Crippen LogP contribution is -2.36. The van der Waals surface area contributed by atoms with E-state index in [1.165, 1.54) is 31.5 Å². The first-order valence-electron chi connectivity index (χ1n) is 7.08. The van der Waals surface area contributed by atoms with Crippen LogP contribution in [0.2, 0.25) is 0 Å². The van der Waals surface area contributed by atoms with E-state index >= 15 is 0 Å². The Morgan fingerprint density at radius 2 is 2.11 bits per heavy atom. The van der Waals surface area contributed by atoms with Gasteiger partial charge in [0.2, 0.25) is 0 Å². The van der Waals surface area contributed by atoms with Gasteiger partial charge >= 0.3 is 0 Å². The van der Waals surface area contributed by atoms with E-state index in [9.17, 15) is 0 Å². The molecule has 1 aromatic rings. The largest absolute Gasteiger partial charge is 0.316 e. The van der Waals surface area contributed by atoms with Gasteiger partial charge in [-0.3, -0.25) is 0 Å². The second-order valence-corrected chi connectivity index (χ2v) is 5.02. The van der Waals surface area contributed by atoms with Crippen LogP contribution in [0.1, 0.15) is 24.8 Å². The summed E-state index contributed by atoms with van der Waals surface area (Å²) in [5.74, 6) is 0.830. The summed E-state index contributed by atoms with van der Waals surface area (Å²) in [6, 6.07) is 10.5. The van der Waals surface area contributed by atoms with Gasteiger partial charge < -0.3 is 10.6 Å². The van der Waals surface area contributed by atoms with E-state index in [2.05, 4.69) is 53.1 Å². The number of benzene rings is 1. The van der Waals surface area contributed by atoms with Gasteiger partial charge in [0.15, 0.2) is 0 Å². The van der Waals surface area contributed by atoms with E-state index < -0.39 is 0 Å². The molecule has 19 heavy (non-hydrogen) atoms. The van der Waals surface area contributed by atoms with Crippen molar-refractivity contribution in [2.45, 2.75) is 19.3 Å². The molecule has 1 aromatic carbocycles. The van der Waals surface area contributed by atoms with Crippen molar-refractivity contribution in [2.75, 3.05) is 26.2 Å². The Bertz CT molecular complexity index is 345. The standard InChI is InChI=1S/C16H24N2.ClH/c1-2-7-15(8-3-1)9-4-5-11-17-13-16-10-6-12-18-14-16;/h1-4,7-9,16-18H,5-6,10-14H2;1H. The number of rotatable bonds is 6. The minimum atomic E-state index is 0. The molecule has 106 valence electrons. The van der Waals surface area contributed by atoms with Crippen molar-refractivity contribution in [2.24, 2.45) is 5.92 Å². The molecule has 2 rings (SSSR count). The zero-order valence-corrected chi connectivity index (χ0v) is 12.3. The lowest BCUT2D eigenvalue weighted by atomic mass is 10.00. The number of hydrogen-bond acceptors (Lipinski definition) is 2. The van der Waals surface area contributed by atoms with E-state index in [1.54, 1.807) is 0 Å². The highest BCUT2D eigenvalue weighted by molar-refractivity contribution is 5.85. The fourth-order valence-corrected chi connectivity index (χ4v) is 2.37. The van der Waals surface area contributed by atoms with Crippen molar-refractivity contribution in [3.05, 3.63) is 42.0 Å². The minimum Gasteiger partial charge on any atom is -0.316 e. The van der Waals surface area contributed by atoms with E-state index in [-0.39, 0.29) is 12.4 Å². The Balaban J connectivity index is 0.00000180. The predicted molar refractivity (Wildman–Crippen MR) is 85.8 cm³/mol. The summed E-state index contributed by atoms with van der Waals surface area (Å²) in [4.78, 5) is 0. The maximum atomic E-state index is 3.55. The Morgan fingerprint density at radius 3 is 2.84 bits per heavy atom. The maximum absolute atomic E-state index is 3.55. The second kappa shape index (κ2) is 10.0. The zero-order valence-electron chi connectivity index (χ0n) is 11.5. The smallest absolute Gasteiger partial charge is 0.000825 e. The molecular weight excluding hydrogens is 256 g/mol. The van der Waals surface area contributed by atoms with Crippen LogP contribution >= 0.6 is 12.4 Å². The van der Waals surface area contributed by atoms with E-state index in [4.69, 9.17) is 0 Å². The van der Waals surface area contributed by atoms with Crippen LogP contribution in [0, 0.1) is 5.92 Å². The summed E-state index contributed by atoms with van der Waals surface area (Å²) >= 11 is 0. The van der Waals surface area contributed by atoms with E-state index in [1.807, 2.05) is 0 Å². The monoisotopic (exact) mass is 280 g/mol. The summed E-state index contributed by atoms with van der Waals surface area (Å²) < 4.78 is 0. The molecule has 3 heteroatoms. The highest BCUT2D eigenvalue weighted by Gasteiger charge is 2.11. The van der Waals surface area contributed by atoms with E-state index in [0.717, 1.165) is 25.4 Å². The molecule has 1 fully saturated rings. The summed E-state index contributed by atoms with van der Waals surface area (Å²) in [7, 11) is 0. The topological polar surface area (TPSA) is 24.1 Å². The second-order valence-electron chi connectivity index (χ2n) is 5.02. The van der Waals surface area contributed by atoms with Gasteiger partial charge in [0.05, 0.1) is 0 Å². The van der Waals surface area contributed by atoms with Gasteiger partial charge in [0.1, 0.15) is 0 Å². The Labute approximate surface area is 123 Å². The SMILES string of the molecule is C(=Cc1ccccc1)CCNCC1CCCNC1.Cl. The third kappa shape index (κ3) is 6.76. The van der Waals surface area contributed by atoms with Crippen molar-refractivity contribution < 1.29 is 0 Å². The minimum absolute atomic E-state index is 0. The number of hydrogen-bond donors (Lipinski definition) is 2. The molecule has 0 aromatic heterocycles. The lowest BCUT2D eigenvalue weighted by Gasteiger charge is -2.22. The fraction of sp³-hybridized carbons (Fsp3) is 0.500. The van der Waals surface area contributed by atoms with Crippen molar-refractivity contribution >= 4 is 18.5 Å². The molecule has 1 heterocycles. The first kappa shape index (κ1) is 16.2. The normalized spacial score (nSPS) is 19.3. The van der Waals surface area contributed by atoms with Crippen molar-refractivity contribution in [1.29, 1.82) is 0 Å². The first-order valence-corrected chi connectivity index (χ1v) is 7.08. The maximum Gasteiger partial charge on any atom is -0.000825 e. The highest BCUT2D eigenvalue weighted by atomic mass is 35.5. The summed E-state index contributed by atoms with van der Waals surface area (Å²) in [6.07, 6.45) is 8.26. The molecular formula is C16H25ClN2. The summed E-state index contributed by atoms with van der Waals surface area (Å²) in [5, 5.41) is 7.00. The van der Waals surface area contributed by atoms with Crippen LogP contribution in [0.15, 0.2) is 36.4 Å². The molecule has 1 saturated heterocycles. The highest BCUT2D eigenvalue weighted by Crippen LogP contribution is 2.08. The molecule has 1 aliphatic heterocycles. The van der Waals surface area contributed by atoms with Gasteiger partial charge in [-0.1, -0.05) is 42.5 Å². The zero-order chi connectivity index (χ0) is 12.5. The molecule has 1 unspecified atom stereocenters. The molecule has 1 aliphatic rings.